The normalized spacial score (nSPS) is 10.7. The van der Waals surface area contributed by atoms with Crippen LogP contribution in [0.4, 0.5) is 4.39 Å². The second kappa shape index (κ2) is 4.71. The number of rotatable bonds is 3. The zero-order chi connectivity index (χ0) is 11.5. The molecule has 0 aliphatic heterocycles. The maximum atomic E-state index is 13.6. The molecule has 0 spiro atoms. The lowest BCUT2D eigenvalue weighted by Gasteiger charge is -2.01. The van der Waals surface area contributed by atoms with Gasteiger partial charge in [0.05, 0.1) is 11.9 Å². The molecule has 1 aromatic heterocycles. The predicted octanol–water partition coefficient (Wildman–Crippen LogP) is 1.67. The van der Waals surface area contributed by atoms with E-state index in [9.17, 15) is 4.39 Å². The van der Waals surface area contributed by atoms with E-state index in [1.807, 2.05) is 0 Å². The molecule has 0 saturated carbocycles. The smallest absolute Gasteiger partial charge is 0.150 e. The average molecular weight is 285 g/mol. The minimum atomic E-state index is -0.349. The Morgan fingerprint density at radius 2 is 2.25 bits per heavy atom. The molecule has 1 heterocycles. The van der Waals surface area contributed by atoms with E-state index >= 15 is 0 Å². The summed E-state index contributed by atoms with van der Waals surface area (Å²) in [5.41, 5.74) is 6.53. The molecule has 0 aliphatic carbocycles. The fourth-order valence-corrected chi connectivity index (χ4v) is 1.68. The third kappa shape index (κ3) is 2.28. The van der Waals surface area contributed by atoms with Gasteiger partial charge in [-0.05, 0) is 24.7 Å². The lowest BCUT2D eigenvalue weighted by molar-refractivity contribution is 0.606. The molecule has 0 unspecified atom stereocenters. The Morgan fingerprint density at radius 1 is 1.44 bits per heavy atom. The number of hydrogen-bond donors (Lipinski definition) is 1. The molecule has 0 bridgehead atoms. The molecule has 1 aromatic carbocycles. The van der Waals surface area contributed by atoms with Gasteiger partial charge in [-0.3, -0.25) is 0 Å². The van der Waals surface area contributed by atoms with E-state index in [2.05, 4.69) is 26.2 Å². The third-order valence-corrected chi connectivity index (χ3v) is 2.59. The van der Waals surface area contributed by atoms with Crippen LogP contribution in [0.5, 0.6) is 0 Å². The minimum Gasteiger partial charge on any atom is -0.330 e. The molecular weight excluding hydrogens is 275 g/mol. The van der Waals surface area contributed by atoms with Gasteiger partial charge in [-0.25, -0.2) is 9.07 Å². The molecular formula is C10H10BrFN4. The number of nitrogens with two attached hydrogens (primary N) is 1. The Bertz CT molecular complexity index is 497. The fourth-order valence-electron chi connectivity index (χ4n) is 1.35. The maximum absolute atomic E-state index is 13.6. The molecule has 0 atom stereocenters. The quantitative estimate of drug-likeness (QED) is 0.933. The van der Waals surface area contributed by atoms with Crippen molar-refractivity contribution < 1.29 is 4.39 Å². The highest BCUT2D eigenvalue weighted by molar-refractivity contribution is 9.10. The van der Waals surface area contributed by atoms with Crippen LogP contribution in [0.25, 0.3) is 5.69 Å². The van der Waals surface area contributed by atoms with Gasteiger partial charge in [0, 0.05) is 10.9 Å². The molecule has 0 fully saturated rings. The maximum Gasteiger partial charge on any atom is 0.150 e. The third-order valence-electron chi connectivity index (χ3n) is 2.10. The molecule has 84 valence electrons. The van der Waals surface area contributed by atoms with Crippen molar-refractivity contribution in [3.8, 4) is 5.69 Å². The summed E-state index contributed by atoms with van der Waals surface area (Å²) in [6, 6.07) is 4.78. The zero-order valence-electron chi connectivity index (χ0n) is 8.40. The van der Waals surface area contributed by atoms with Crippen molar-refractivity contribution in [2.45, 2.75) is 6.42 Å². The van der Waals surface area contributed by atoms with Crippen LogP contribution >= 0.6 is 15.9 Å². The van der Waals surface area contributed by atoms with Crippen molar-refractivity contribution in [1.29, 1.82) is 0 Å². The Kier molecular flexibility index (Phi) is 3.31. The van der Waals surface area contributed by atoms with E-state index in [1.165, 1.54) is 10.7 Å². The van der Waals surface area contributed by atoms with Gasteiger partial charge in [0.1, 0.15) is 11.5 Å². The molecule has 2 N–H and O–H groups in total. The van der Waals surface area contributed by atoms with Crippen molar-refractivity contribution in [2.75, 3.05) is 6.54 Å². The lowest BCUT2D eigenvalue weighted by atomic mass is 10.3. The second-order valence-electron chi connectivity index (χ2n) is 3.29. The van der Waals surface area contributed by atoms with Crippen LogP contribution in [0.3, 0.4) is 0 Å². The number of nitrogens with zero attached hydrogens (tertiary/aromatic N) is 3. The first-order valence-corrected chi connectivity index (χ1v) is 5.56. The van der Waals surface area contributed by atoms with Crippen LogP contribution in [0, 0.1) is 5.82 Å². The first-order chi connectivity index (χ1) is 7.70. The highest BCUT2D eigenvalue weighted by Gasteiger charge is 2.07. The van der Waals surface area contributed by atoms with Gasteiger partial charge >= 0.3 is 0 Å². The average Bonchev–Trinajstić information content (AvgIpc) is 2.67. The van der Waals surface area contributed by atoms with Gasteiger partial charge in [-0.2, -0.15) is 0 Å². The van der Waals surface area contributed by atoms with Crippen LogP contribution in [-0.4, -0.2) is 21.5 Å². The van der Waals surface area contributed by atoms with Gasteiger partial charge < -0.3 is 5.73 Å². The summed E-state index contributed by atoms with van der Waals surface area (Å²) in [5.74, 6) is -0.349. The predicted molar refractivity (Wildman–Crippen MR) is 61.8 cm³/mol. The SMILES string of the molecule is NCCc1cn(-c2ccc(Br)cc2F)nn1. The van der Waals surface area contributed by atoms with Crippen LogP contribution in [0.1, 0.15) is 5.69 Å². The Labute approximate surface area is 100 Å². The van der Waals surface area contributed by atoms with E-state index < -0.39 is 0 Å². The van der Waals surface area contributed by atoms with Crippen LogP contribution in [-0.2, 0) is 6.42 Å². The Hall–Kier alpha value is -1.27. The van der Waals surface area contributed by atoms with Crippen molar-refractivity contribution in [3.63, 3.8) is 0 Å². The topological polar surface area (TPSA) is 56.7 Å². The van der Waals surface area contributed by atoms with Crippen molar-refractivity contribution in [1.82, 2.24) is 15.0 Å². The number of benzene rings is 1. The molecule has 0 amide bonds. The standard InChI is InChI=1S/C10H10BrFN4/c11-7-1-2-10(9(12)5-7)16-6-8(3-4-13)14-15-16/h1-2,5-6H,3-4,13H2. The summed E-state index contributed by atoms with van der Waals surface area (Å²) in [4.78, 5) is 0. The van der Waals surface area contributed by atoms with Gasteiger partial charge in [-0.1, -0.05) is 21.1 Å². The molecule has 4 nitrogen and oxygen atoms in total. The lowest BCUT2D eigenvalue weighted by Crippen LogP contribution is -2.02. The van der Waals surface area contributed by atoms with Gasteiger partial charge in [-0.15, -0.1) is 5.10 Å². The first-order valence-electron chi connectivity index (χ1n) is 4.77. The first kappa shape index (κ1) is 11.2. The highest BCUT2D eigenvalue weighted by Crippen LogP contribution is 2.18. The number of hydrogen-bond acceptors (Lipinski definition) is 3. The summed E-state index contributed by atoms with van der Waals surface area (Å²) in [6.07, 6.45) is 2.32. The van der Waals surface area contributed by atoms with E-state index in [-0.39, 0.29) is 5.82 Å². The summed E-state index contributed by atoms with van der Waals surface area (Å²) in [5, 5.41) is 7.75. The fraction of sp³-hybridized carbons (Fsp3) is 0.200. The van der Waals surface area contributed by atoms with Crippen molar-refractivity contribution >= 4 is 15.9 Å². The Morgan fingerprint density at radius 3 is 2.94 bits per heavy atom. The van der Waals surface area contributed by atoms with Crippen LogP contribution in [0.2, 0.25) is 0 Å². The second-order valence-corrected chi connectivity index (χ2v) is 4.20. The highest BCUT2D eigenvalue weighted by atomic mass is 79.9. The van der Waals surface area contributed by atoms with E-state index in [0.29, 0.717) is 23.1 Å². The number of halogens is 2. The largest absolute Gasteiger partial charge is 0.330 e. The molecule has 0 aliphatic rings. The van der Waals surface area contributed by atoms with Gasteiger partial charge in [0.15, 0.2) is 0 Å². The number of aromatic nitrogens is 3. The molecule has 6 heteroatoms. The summed E-state index contributed by atoms with van der Waals surface area (Å²) in [7, 11) is 0. The summed E-state index contributed by atoms with van der Waals surface area (Å²) in [6.45, 7) is 0.502. The van der Waals surface area contributed by atoms with Gasteiger partial charge in [0.25, 0.3) is 0 Å². The van der Waals surface area contributed by atoms with Crippen LogP contribution < -0.4 is 5.73 Å². The van der Waals surface area contributed by atoms with E-state index in [0.717, 1.165) is 5.69 Å². The molecule has 0 radical (unpaired) electrons. The molecule has 2 aromatic rings. The monoisotopic (exact) mass is 284 g/mol. The van der Waals surface area contributed by atoms with E-state index in [1.54, 1.807) is 18.3 Å². The molecule has 0 saturated heterocycles. The summed E-state index contributed by atoms with van der Waals surface area (Å²) < 4.78 is 15.7. The summed E-state index contributed by atoms with van der Waals surface area (Å²) >= 11 is 3.20. The van der Waals surface area contributed by atoms with Gasteiger partial charge in [0.2, 0.25) is 0 Å². The Balaban J connectivity index is 2.35. The van der Waals surface area contributed by atoms with Crippen molar-refractivity contribution in [2.24, 2.45) is 5.73 Å². The van der Waals surface area contributed by atoms with E-state index in [4.69, 9.17) is 5.73 Å². The van der Waals surface area contributed by atoms with Crippen LogP contribution in [0.15, 0.2) is 28.9 Å². The molecule has 2 rings (SSSR count). The minimum absolute atomic E-state index is 0.349. The van der Waals surface area contributed by atoms with Crippen molar-refractivity contribution in [3.05, 3.63) is 40.4 Å². The zero-order valence-corrected chi connectivity index (χ0v) is 9.98. The molecule has 16 heavy (non-hydrogen) atoms.